The van der Waals surface area contributed by atoms with E-state index in [0.717, 1.165) is 31.1 Å². The van der Waals surface area contributed by atoms with E-state index in [-0.39, 0.29) is 11.8 Å². The van der Waals surface area contributed by atoms with Crippen LogP contribution in [0, 0.1) is 5.92 Å². The lowest BCUT2D eigenvalue weighted by atomic mass is 9.98. The Morgan fingerprint density at radius 1 is 1.15 bits per heavy atom. The number of carbonyl (C=O) groups excluding carboxylic acids is 3. The molecule has 1 aromatic carbocycles. The number of hydrogen-bond donors (Lipinski definition) is 2. The molecule has 0 aliphatic heterocycles. The van der Waals surface area contributed by atoms with Crippen molar-refractivity contribution in [2.24, 2.45) is 5.92 Å². The number of benzene rings is 1. The summed E-state index contributed by atoms with van der Waals surface area (Å²) in [7, 11) is 0. The van der Waals surface area contributed by atoms with E-state index in [9.17, 15) is 14.4 Å². The fourth-order valence-electron chi connectivity index (χ4n) is 2.48. The van der Waals surface area contributed by atoms with Gasteiger partial charge in [0.25, 0.3) is 0 Å². The van der Waals surface area contributed by atoms with Crippen molar-refractivity contribution < 1.29 is 19.1 Å². The number of anilines is 1. The summed E-state index contributed by atoms with van der Waals surface area (Å²) in [6.45, 7) is 7.87. The molecule has 0 fully saturated rings. The molecule has 6 nitrogen and oxygen atoms in total. The van der Waals surface area contributed by atoms with E-state index in [1.54, 1.807) is 12.1 Å². The van der Waals surface area contributed by atoms with Crippen molar-refractivity contribution in [3.63, 3.8) is 0 Å². The van der Waals surface area contributed by atoms with Crippen LogP contribution in [0.5, 0.6) is 0 Å². The number of hydrogen-bond acceptors (Lipinski definition) is 4. The lowest BCUT2D eigenvalue weighted by Crippen LogP contribution is -2.32. The molecule has 6 heteroatoms. The van der Waals surface area contributed by atoms with Gasteiger partial charge in [-0.05, 0) is 51.3 Å². The van der Waals surface area contributed by atoms with Crippen molar-refractivity contribution >= 4 is 24.0 Å². The Balaban J connectivity index is 2.39. The third-order valence-corrected chi connectivity index (χ3v) is 3.94. The molecule has 150 valence electrons. The first kappa shape index (κ1) is 22.7. The molecule has 0 radical (unpaired) electrons. The van der Waals surface area contributed by atoms with Crippen LogP contribution in [-0.4, -0.2) is 23.9 Å². The smallest absolute Gasteiger partial charge is 0.407 e. The molecule has 1 atom stereocenters. The molecule has 2 N–H and O–H groups in total. The fraction of sp³-hybridized carbons (Fsp3) is 0.571. The zero-order chi connectivity index (χ0) is 20.3. The number of alkyl carbamates (subject to hydrolysis) is 1. The highest BCUT2D eigenvalue weighted by molar-refractivity contribution is 5.90. The summed E-state index contributed by atoms with van der Waals surface area (Å²) in [5.74, 6) is -0.144. The second-order valence-electron chi connectivity index (χ2n) is 7.68. The monoisotopic (exact) mass is 376 g/mol. The maximum absolute atomic E-state index is 12.0. The van der Waals surface area contributed by atoms with Gasteiger partial charge in [-0.1, -0.05) is 31.9 Å². The Morgan fingerprint density at radius 3 is 2.37 bits per heavy atom. The zero-order valence-corrected chi connectivity index (χ0v) is 16.8. The van der Waals surface area contributed by atoms with E-state index in [1.807, 2.05) is 32.9 Å². The van der Waals surface area contributed by atoms with Gasteiger partial charge in [0.2, 0.25) is 5.91 Å². The molecule has 0 heterocycles. The van der Waals surface area contributed by atoms with Crippen LogP contribution in [0.4, 0.5) is 10.5 Å². The van der Waals surface area contributed by atoms with Crippen molar-refractivity contribution in [3.8, 4) is 0 Å². The van der Waals surface area contributed by atoms with E-state index in [4.69, 9.17) is 4.74 Å². The number of ether oxygens (including phenoxy) is 1. The largest absolute Gasteiger partial charge is 0.444 e. The normalized spacial score (nSPS) is 12.1. The molecule has 0 saturated carbocycles. The summed E-state index contributed by atoms with van der Waals surface area (Å²) < 4.78 is 5.18. The lowest BCUT2D eigenvalue weighted by molar-refractivity contribution is -0.117. The highest BCUT2D eigenvalue weighted by atomic mass is 16.6. The summed E-state index contributed by atoms with van der Waals surface area (Å²) in [4.78, 5) is 34.7. The maximum atomic E-state index is 12.0. The number of carbonyl (C=O) groups is 3. The molecule has 1 unspecified atom stereocenters. The van der Waals surface area contributed by atoms with Gasteiger partial charge < -0.3 is 20.2 Å². The predicted molar refractivity (Wildman–Crippen MR) is 106 cm³/mol. The van der Waals surface area contributed by atoms with E-state index in [1.165, 1.54) is 0 Å². The minimum atomic E-state index is -0.530. The number of unbranched alkanes of at least 4 members (excludes halogenated alkanes) is 1. The van der Waals surface area contributed by atoms with Gasteiger partial charge in [-0.25, -0.2) is 4.79 Å². The van der Waals surface area contributed by atoms with Gasteiger partial charge in [-0.3, -0.25) is 4.79 Å². The molecule has 0 spiro atoms. The van der Waals surface area contributed by atoms with Crippen LogP contribution in [0.3, 0.4) is 0 Å². The van der Waals surface area contributed by atoms with Crippen LogP contribution in [0.2, 0.25) is 0 Å². The molecule has 2 amide bonds. The van der Waals surface area contributed by atoms with Gasteiger partial charge in [0.1, 0.15) is 11.9 Å². The first-order chi connectivity index (χ1) is 12.7. The molecular formula is C21H32N2O4. The van der Waals surface area contributed by atoms with Gasteiger partial charge in [0, 0.05) is 24.6 Å². The van der Waals surface area contributed by atoms with Gasteiger partial charge in [0.05, 0.1) is 0 Å². The van der Waals surface area contributed by atoms with Crippen molar-refractivity contribution in [1.82, 2.24) is 5.32 Å². The Hall–Kier alpha value is -2.37. The minimum absolute atomic E-state index is 0.0444. The van der Waals surface area contributed by atoms with Crippen molar-refractivity contribution in [3.05, 3.63) is 29.8 Å². The van der Waals surface area contributed by atoms with Crippen LogP contribution in [-0.2, 0) is 20.9 Å². The number of amides is 2. The second-order valence-corrected chi connectivity index (χ2v) is 7.68. The molecular weight excluding hydrogens is 344 g/mol. The van der Waals surface area contributed by atoms with E-state index in [2.05, 4.69) is 17.6 Å². The third kappa shape index (κ3) is 10.4. The van der Waals surface area contributed by atoms with Crippen LogP contribution >= 0.6 is 0 Å². The van der Waals surface area contributed by atoms with Gasteiger partial charge in [-0.2, -0.15) is 0 Å². The number of aldehydes is 1. The summed E-state index contributed by atoms with van der Waals surface area (Å²) >= 11 is 0. The topological polar surface area (TPSA) is 84.5 Å². The highest BCUT2D eigenvalue weighted by Gasteiger charge is 2.15. The Bertz CT molecular complexity index is 606. The Labute approximate surface area is 162 Å². The Kier molecular flexibility index (Phi) is 9.54. The van der Waals surface area contributed by atoms with Gasteiger partial charge in [0.15, 0.2) is 0 Å². The van der Waals surface area contributed by atoms with Crippen LogP contribution < -0.4 is 10.6 Å². The Morgan fingerprint density at radius 2 is 1.81 bits per heavy atom. The summed E-state index contributed by atoms with van der Waals surface area (Å²) in [5, 5.41) is 5.52. The standard InChI is InChI=1S/C21H32N2O4/c1-5-6-7-17(15-24)10-13-19(25)23-18-11-8-16(9-12-18)14-22-20(26)27-21(2,3)4/h8-9,11-12,15,17H,5-7,10,13-14H2,1-4H3,(H,22,26)(H,23,25). The minimum Gasteiger partial charge on any atom is -0.444 e. The fourth-order valence-corrected chi connectivity index (χ4v) is 2.48. The van der Waals surface area contributed by atoms with E-state index in [0.29, 0.717) is 25.1 Å². The van der Waals surface area contributed by atoms with Gasteiger partial charge in [-0.15, -0.1) is 0 Å². The van der Waals surface area contributed by atoms with E-state index < -0.39 is 11.7 Å². The molecule has 27 heavy (non-hydrogen) atoms. The summed E-state index contributed by atoms with van der Waals surface area (Å²) in [6, 6.07) is 7.25. The number of rotatable bonds is 10. The predicted octanol–water partition coefficient (Wildman–Crippen LogP) is 4.44. The zero-order valence-electron chi connectivity index (χ0n) is 16.8. The molecule has 0 aliphatic carbocycles. The SMILES string of the molecule is CCCCC(C=O)CCC(=O)Nc1ccc(CNC(=O)OC(C)(C)C)cc1. The lowest BCUT2D eigenvalue weighted by Gasteiger charge is -2.19. The van der Waals surface area contributed by atoms with Crippen LogP contribution in [0.15, 0.2) is 24.3 Å². The second kappa shape index (κ2) is 11.4. The van der Waals surface area contributed by atoms with Gasteiger partial charge >= 0.3 is 6.09 Å². The molecule has 0 aliphatic rings. The average Bonchev–Trinajstić information content (AvgIpc) is 2.60. The summed E-state index contributed by atoms with van der Waals surface area (Å²) in [6.07, 6.45) is 4.28. The van der Waals surface area contributed by atoms with Crippen LogP contribution in [0.1, 0.15) is 65.4 Å². The highest BCUT2D eigenvalue weighted by Crippen LogP contribution is 2.15. The molecule has 1 rings (SSSR count). The molecule has 0 bridgehead atoms. The average molecular weight is 376 g/mol. The first-order valence-electron chi connectivity index (χ1n) is 9.54. The van der Waals surface area contributed by atoms with Crippen molar-refractivity contribution in [2.45, 2.75) is 71.9 Å². The molecule has 0 aromatic heterocycles. The molecule has 0 saturated heterocycles. The third-order valence-electron chi connectivity index (χ3n) is 3.94. The molecule has 1 aromatic rings. The van der Waals surface area contributed by atoms with Crippen molar-refractivity contribution in [1.29, 1.82) is 0 Å². The number of nitrogens with one attached hydrogen (secondary N) is 2. The van der Waals surface area contributed by atoms with Crippen LogP contribution in [0.25, 0.3) is 0 Å². The van der Waals surface area contributed by atoms with E-state index >= 15 is 0 Å². The first-order valence-corrected chi connectivity index (χ1v) is 9.54. The summed E-state index contributed by atoms with van der Waals surface area (Å²) in [5.41, 5.74) is 1.06. The quantitative estimate of drug-likeness (QED) is 0.591. The van der Waals surface area contributed by atoms with Crippen molar-refractivity contribution in [2.75, 3.05) is 5.32 Å². The maximum Gasteiger partial charge on any atom is 0.407 e.